The van der Waals surface area contributed by atoms with Crippen LogP contribution in [-0.4, -0.2) is 32.1 Å². The summed E-state index contributed by atoms with van der Waals surface area (Å²) in [5.41, 5.74) is 1.85. The van der Waals surface area contributed by atoms with E-state index < -0.39 is 12.0 Å². The number of rotatable bonds is 6. The zero-order chi connectivity index (χ0) is 16.0. The van der Waals surface area contributed by atoms with Gasteiger partial charge in [0.25, 0.3) is 0 Å². The van der Waals surface area contributed by atoms with E-state index in [1.807, 2.05) is 39.0 Å². The molecule has 0 aliphatic carbocycles. The Labute approximate surface area is 125 Å². The van der Waals surface area contributed by atoms with Gasteiger partial charge in [-0.15, -0.1) is 0 Å². The first-order valence-corrected chi connectivity index (χ1v) is 6.89. The first-order chi connectivity index (χ1) is 9.88. The van der Waals surface area contributed by atoms with E-state index in [4.69, 9.17) is 9.47 Å². The molecule has 5 heteroatoms. The second-order valence-electron chi connectivity index (χ2n) is 5.29. The van der Waals surface area contributed by atoms with Crippen LogP contribution in [0.15, 0.2) is 18.2 Å². The molecule has 116 valence electrons. The molecule has 1 amide bonds. The average Bonchev–Trinajstić information content (AvgIpc) is 2.45. The lowest BCUT2D eigenvalue weighted by Crippen LogP contribution is -2.45. The third-order valence-electron chi connectivity index (χ3n) is 3.28. The van der Waals surface area contributed by atoms with Gasteiger partial charge in [0, 0.05) is 0 Å². The van der Waals surface area contributed by atoms with Crippen molar-refractivity contribution in [2.45, 2.75) is 33.2 Å². The molecular formula is C16H23NO4. The SMILES string of the molecule is COC(=O)C(NC(=O)Cc1ccc(C)c(OC)c1)C(C)C. The van der Waals surface area contributed by atoms with Gasteiger partial charge in [-0.05, 0) is 30.0 Å². The molecule has 0 radical (unpaired) electrons. The number of amides is 1. The van der Waals surface area contributed by atoms with Gasteiger partial charge in [-0.2, -0.15) is 0 Å². The number of hydrogen-bond acceptors (Lipinski definition) is 4. The summed E-state index contributed by atoms with van der Waals surface area (Å²) in [6.45, 7) is 5.66. The Morgan fingerprint density at radius 2 is 1.90 bits per heavy atom. The van der Waals surface area contributed by atoms with Crippen molar-refractivity contribution >= 4 is 11.9 Å². The van der Waals surface area contributed by atoms with Crippen molar-refractivity contribution in [1.29, 1.82) is 0 Å². The van der Waals surface area contributed by atoms with Crippen LogP contribution < -0.4 is 10.1 Å². The maximum absolute atomic E-state index is 12.1. The van der Waals surface area contributed by atoms with Gasteiger partial charge in [0.1, 0.15) is 11.8 Å². The maximum Gasteiger partial charge on any atom is 0.328 e. The number of methoxy groups -OCH3 is 2. The van der Waals surface area contributed by atoms with Crippen molar-refractivity contribution in [3.63, 3.8) is 0 Å². The number of benzene rings is 1. The quantitative estimate of drug-likeness (QED) is 0.813. The number of esters is 1. The zero-order valence-electron chi connectivity index (χ0n) is 13.2. The predicted octanol–water partition coefficient (Wildman–Crippen LogP) is 1.86. The third-order valence-corrected chi connectivity index (χ3v) is 3.28. The lowest BCUT2D eigenvalue weighted by molar-refractivity contribution is -0.146. The Morgan fingerprint density at radius 1 is 1.24 bits per heavy atom. The molecule has 0 saturated carbocycles. The maximum atomic E-state index is 12.1. The molecule has 0 aliphatic rings. The van der Waals surface area contributed by atoms with Crippen molar-refractivity contribution in [1.82, 2.24) is 5.32 Å². The van der Waals surface area contributed by atoms with E-state index in [2.05, 4.69) is 5.32 Å². The highest BCUT2D eigenvalue weighted by molar-refractivity contribution is 5.85. The molecule has 1 atom stereocenters. The van der Waals surface area contributed by atoms with Crippen LogP contribution >= 0.6 is 0 Å². The summed E-state index contributed by atoms with van der Waals surface area (Å²) >= 11 is 0. The summed E-state index contributed by atoms with van der Waals surface area (Å²) in [5.74, 6) is 0.0625. The summed E-state index contributed by atoms with van der Waals surface area (Å²) in [7, 11) is 2.91. The van der Waals surface area contributed by atoms with Crippen LogP contribution in [0.25, 0.3) is 0 Å². The zero-order valence-corrected chi connectivity index (χ0v) is 13.2. The minimum absolute atomic E-state index is 0.0334. The summed E-state index contributed by atoms with van der Waals surface area (Å²) < 4.78 is 9.94. The molecule has 0 bridgehead atoms. The molecule has 1 unspecified atom stereocenters. The van der Waals surface area contributed by atoms with Crippen molar-refractivity contribution in [2.75, 3.05) is 14.2 Å². The Kier molecular flexibility index (Phi) is 6.21. The fourth-order valence-corrected chi connectivity index (χ4v) is 2.01. The molecule has 0 spiro atoms. The minimum atomic E-state index is -0.630. The Morgan fingerprint density at radius 3 is 2.43 bits per heavy atom. The predicted molar refractivity (Wildman–Crippen MR) is 80.2 cm³/mol. The number of carbonyl (C=O) groups is 2. The largest absolute Gasteiger partial charge is 0.496 e. The summed E-state index contributed by atoms with van der Waals surface area (Å²) in [6, 6.07) is 4.98. The molecule has 0 aliphatic heterocycles. The number of ether oxygens (including phenoxy) is 2. The second-order valence-corrected chi connectivity index (χ2v) is 5.29. The number of nitrogens with one attached hydrogen (secondary N) is 1. The Bertz CT molecular complexity index is 511. The van der Waals surface area contributed by atoms with Crippen LogP contribution in [0.4, 0.5) is 0 Å². The van der Waals surface area contributed by atoms with Gasteiger partial charge >= 0.3 is 5.97 Å². The van der Waals surface area contributed by atoms with Crippen LogP contribution in [0.5, 0.6) is 5.75 Å². The molecule has 0 aromatic heterocycles. The molecule has 1 N–H and O–H groups in total. The molecule has 1 aromatic rings. The number of hydrogen-bond donors (Lipinski definition) is 1. The molecule has 1 rings (SSSR count). The molecule has 0 fully saturated rings. The molecule has 0 saturated heterocycles. The van der Waals surface area contributed by atoms with E-state index in [-0.39, 0.29) is 18.2 Å². The van der Waals surface area contributed by atoms with Gasteiger partial charge in [0.05, 0.1) is 20.6 Å². The average molecular weight is 293 g/mol. The molecular weight excluding hydrogens is 270 g/mol. The summed E-state index contributed by atoms with van der Waals surface area (Å²) in [4.78, 5) is 23.7. The topological polar surface area (TPSA) is 64.6 Å². The van der Waals surface area contributed by atoms with Crippen molar-refractivity contribution in [3.8, 4) is 5.75 Å². The smallest absolute Gasteiger partial charge is 0.328 e. The van der Waals surface area contributed by atoms with Crippen LogP contribution in [-0.2, 0) is 20.7 Å². The van der Waals surface area contributed by atoms with Crippen LogP contribution in [0.3, 0.4) is 0 Å². The van der Waals surface area contributed by atoms with Crippen LogP contribution in [0.1, 0.15) is 25.0 Å². The highest BCUT2D eigenvalue weighted by Gasteiger charge is 2.24. The number of carbonyl (C=O) groups excluding carboxylic acids is 2. The van der Waals surface area contributed by atoms with E-state index >= 15 is 0 Å². The molecule has 1 aromatic carbocycles. The normalized spacial score (nSPS) is 11.9. The third kappa shape index (κ3) is 4.77. The van der Waals surface area contributed by atoms with Gasteiger partial charge < -0.3 is 14.8 Å². The molecule has 0 heterocycles. The first-order valence-electron chi connectivity index (χ1n) is 6.89. The lowest BCUT2D eigenvalue weighted by atomic mass is 10.0. The first kappa shape index (κ1) is 17.0. The van der Waals surface area contributed by atoms with Gasteiger partial charge in [0.15, 0.2) is 0 Å². The van der Waals surface area contributed by atoms with Crippen LogP contribution in [0, 0.1) is 12.8 Å². The lowest BCUT2D eigenvalue weighted by Gasteiger charge is -2.19. The van der Waals surface area contributed by atoms with Crippen molar-refractivity contribution < 1.29 is 19.1 Å². The van der Waals surface area contributed by atoms with Gasteiger partial charge in [-0.1, -0.05) is 26.0 Å². The Balaban J connectivity index is 2.74. The summed E-state index contributed by atoms with van der Waals surface area (Å²) in [6.07, 6.45) is 0.191. The van der Waals surface area contributed by atoms with Crippen molar-refractivity contribution in [2.24, 2.45) is 5.92 Å². The minimum Gasteiger partial charge on any atom is -0.496 e. The van der Waals surface area contributed by atoms with E-state index in [1.54, 1.807) is 7.11 Å². The second kappa shape index (κ2) is 7.67. The fraction of sp³-hybridized carbons (Fsp3) is 0.500. The summed E-state index contributed by atoms with van der Waals surface area (Å²) in [5, 5.41) is 2.71. The van der Waals surface area contributed by atoms with Gasteiger partial charge in [0.2, 0.25) is 5.91 Å². The van der Waals surface area contributed by atoms with E-state index in [0.717, 1.165) is 16.9 Å². The van der Waals surface area contributed by atoms with E-state index in [1.165, 1.54) is 7.11 Å². The highest BCUT2D eigenvalue weighted by Crippen LogP contribution is 2.19. The highest BCUT2D eigenvalue weighted by atomic mass is 16.5. The monoisotopic (exact) mass is 293 g/mol. The van der Waals surface area contributed by atoms with Crippen molar-refractivity contribution in [3.05, 3.63) is 29.3 Å². The standard InChI is InChI=1S/C16H23NO4/c1-10(2)15(16(19)21-5)17-14(18)9-12-7-6-11(3)13(8-12)20-4/h6-8,10,15H,9H2,1-5H3,(H,17,18). The Hall–Kier alpha value is -2.04. The van der Waals surface area contributed by atoms with E-state index in [0.29, 0.717) is 0 Å². The fourth-order valence-electron chi connectivity index (χ4n) is 2.01. The molecule has 21 heavy (non-hydrogen) atoms. The molecule has 5 nitrogen and oxygen atoms in total. The van der Waals surface area contributed by atoms with E-state index in [9.17, 15) is 9.59 Å². The number of aryl methyl sites for hydroxylation is 1. The van der Waals surface area contributed by atoms with Gasteiger partial charge in [-0.3, -0.25) is 4.79 Å². The van der Waals surface area contributed by atoms with Crippen LogP contribution in [0.2, 0.25) is 0 Å². The van der Waals surface area contributed by atoms with Gasteiger partial charge in [-0.25, -0.2) is 4.79 Å².